The van der Waals surface area contributed by atoms with Gasteiger partial charge in [0.05, 0.1) is 24.7 Å². The van der Waals surface area contributed by atoms with Crippen LogP contribution in [0.15, 0.2) is 0 Å². The molecule has 4 nitrogen and oxygen atoms in total. The monoisotopic (exact) mass is 278 g/mol. The van der Waals surface area contributed by atoms with Crippen LogP contribution >= 0.6 is 15.9 Å². The van der Waals surface area contributed by atoms with Gasteiger partial charge < -0.3 is 14.9 Å². The lowest BCUT2D eigenvalue weighted by molar-refractivity contribution is -0.153. The molecule has 0 aliphatic heterocycles. The van der Waals surface area contributed by atoms with Crippen LogP contribution in [0.4, 0.5) is 0 Å². The zero-order valence-corrected chi connectivity index (χ0v) is 10.1. The van der Waals surface area contributed by atoms with Crippen LogP contribution in [0.3, 0.4) is 0 Å². The third-order valence-electron chi connectivity index (χ3n) is 3.54. The minimum atomic E-state index is -0.779. The highest BCUT2D eigenvalue weighted by molar-refractivity contribution is 9.09. The molecule has 0 amide bonds. The van der Waals surface area contributed by atoms with Crippen molar-refractivity contribution in [2.45, 2.75) is 30.4 Å². The van der Waals surface area contributed by atoms with Crippen molar-refractivity contribution in [3.63, 3.8) is 0 Å². The van der Waals surface area contributed by atoms with Gasteiger partial charge in [-0.3, -0.25) is 4.79 Å². The minimum absolute atomic E-state index is 0.0283. The molecule has 0 unspecified atom stereocenters. The predicted molar refractivity (Wildman–Crippen MR) is 56.4 cm³/mol. The Morgan fingerprint density at radius 3 is 2.53 bits per heavy atom. The van der Waals surface area contributed by atoms with Crippen LogP contribution in [0.5, 0.6) is 0 Å². The van der Waals surface area contributed by atoms with Crippen LogP contribution in [0.2, 0.25) is 0 Å². The van der Waals surface area contributed by atoms with E-state index in [4.69, 9.17) is 4.74 Å². The summed E-state index contributed by atoms with van der Waals surface area (Å²) in [5.74, 6) is -0.765. The Kier molecular flexibility index (Phi) is 3.05. The summed E-state index contributed by atoms with van der Waals surface area (Å²) in [6.45, 7) is 2.12. The van der Waals surface area contributed by atoms with E-state index in [9.17, 15) is 15.0 Å². The first-order chi connectivity index (χ1) is 7.07. The average Bonchev–Trinajstić information content (AvgIpc) is 2.65. The van der Waals surface area contributed by atoms with Crippen molar-refractivity contribution in [1.82, 2.24) is 0 Å². The van der Waals surface area contributed by atoms with Crippen LogP contribution in [0, 0.1) is 17.8 Å². The number of rotatable bonds is 2. The number of carbonyl (C=O) groups is 1. The summed E-state index contributed by atoms with van der Waals surface area (Å²) >= 11 is 3.43. The number of alkyl halides is 1. The van der Waals surface area contributed by atoms with Gasteiger partial charge in [0.15, 0.2) is 0 Å². The first-order valence-corrected chi connectivity index (χ1v) is 6.16. The van der Waals surface area contributed by atoms with Gasteiger partial charge in [0, 0.05) is 16.7 Å². The lowest BCUT2D eigenvalue weighted by Gasteiger charge is -2.32. The Hall–Kier alpha value is -0.130. The number of hydrogen-bond donors (Lipinski definition) is 2. The van der Waals surface area contributed by atoms with Crippen LogP contribution < -0.4 is 0 Å². The SMILES string of the molecule is CCOC(=O)[C@@H]1[C@H](Br)[C@H]2C[C@@H]1[C@H](O)[C@@H]2O. The normalized spacial score (nSPS) is 48.3. The molecule has 2 aliphatic rings. The lowest BCUT2D eigenvalue weighted by Crippen LogP contribution is -2.45. The van der Waals surface area contributed by atoms with E-state index in [0.29, 0.717) is 13.0 Å². The van der Waals surface area contributed by atoms with Gasteiger partial charge in [-0.15, -0.1) is 0 Å². The van der Waals surface area contributed by atoms with E-state index in [0.717, 1.165) is 0 Å². The number of halogens is 1. The van der Waals surface area contributed by atoms with Gasteiger partial charge in [-0.1, -0.05) is 15.9 Å². The van der Waals surface area contributed by atoms with Gasteiger partial charge in [-0.25, -0.2) is 0 Å². The first-order valence-electron chi connectivity index (χ1n) is 5.24. The van der Waals surface area contributed by atoms with Crippen molar-refractivity contribution >= 4 is 21.9 Å². The summed E-state index contributed by atoms with van der Waals surface area (Å²) in [5, 5.41) is 19.4. The van der Waals surface area contributed by atoms with Crippen molar-refractivity contribution < 1.29 is 19.7 Å². The van der Waals surface area contributed by atoms with Crippen LogP contribution in [0.1, 0.15) is 13.3 Å². The van der Waals surface area contributed by atoms with Gasteiger partial charge >= 0.3 is 5.97 Å². The molecule has 6 atom stereocenters. The maximum atomic E-state index is 11.7. The van der Waals surface area contributed by atoms with E-state index in [1.165, 1.54) is 0 Å². The molecule has 2 saturated carbocycles. The molecule has 15 heavy (non-hydrogen) atoms. The highest BCUT2D eigenvalue weighted by Gasteiger charge is 2.59. The number of hydrogen-bond acceptors (Lipinski definition) is 4. The Balaban J connectivity index is 2.13. The van der Waals surface area contributed by atoms with Crippen LogP contribution in [-0.2, 0) is 9.53 Å². The van der Waals surface area contributed by atoms with Gasteiger partial charge in [-0.05, 0) is 13.3 Å². The molecule has 2 aliphatic carbocycles. The fourth-order valence-corrected chi connectivity index (χ4v) is 3.96. The Morgan fingerprint density at radius 2 is 2.00 bits per heavy atom. The molecule has 0 aromatic heterocycles. The first kappa shape index (κ1) is 11.4. The molecular weight excluding hydrogens is 264 g/mol. The second kappa shape index (κ2) is 4.03. The Morgan fingerprint density at radius 1 is 1.40 bits per heavy atom. The second-order valence-corrected chi connectivity index (χ2v) is 5.32. The maximum Gasteiger partial charge on any atom is 0.310 e. The van der Waals surface area contributed by atoms with Gasteiger partial charge in [0.2, 0.25) is 0 Å². The van der Waals surface area contributed by atoms with E-state index in [2.05, 4.69) is 15.9 Å². The summed E-state index contributed by atoms with van der Waals surface area (Å²) < 4.78 is 4.97. The largest absolute Gasteiger partial charge is 0.466 e. The number of esters is 1. The summed E-state index contributed by atoms with van der Waals surface area (Å²) in [6, 6.07) is 0. The maximum absolute atomic E-state index is 11.7. The minimum Gasteiger partial charge on any atom is -0.466 e. The van der Waals surface area contributed by atoms with Crippen LogP contribution in [0.25, 0.3) is 0 Å². The van der Waals surface area contributed by atoms with Crippen molar-refractivity contribution in [1.29, 1.82) is 0 Å². The van der Waals surface area contributed by atoms with Gasteiger partial charge in [0.1, 0.15) is 0 Å². The summed E-state index contributed by atoms with van der Waals surface area (Å²) in [5.41, 5.74) is 0. The van der Waals surface area contributed by atoms with E-state index in [-0.39, 0.29) is 28.6 Å². The van der Waals surface area contributed by atoms with Crippen molar-refractivity contribution in [3.8, 4) is 0 Å². The fraction of sp³-hybridized carbons (Fsp3) is 0.900. The van der Waals surface area contributed by atoms with Crippen molar-refractivity contribution in [2.24, 2.45) is 17.8 Å². The fourth-order valence-electron chi connectivity index (χ4n) is 2.82. The third-order valence-corrected chi connectivity index (χ3v) is 4.79. The molecule has 86 valence electrons. The molecule has 0 spiro atoms. The molecule has 2 bridgehead atoms. The predicted octanol–water partition coefficient (Wildman–Crippen LogP) is 0.301. The molecule has 0 saturated heterocycles. The quantitative estimate of drug-likeness (QED) is 0.563. The van der Waals surface area contributed by atoms with Crippen LogP contribution in [-0.4, -0.2) is 39.8 Å². The Labute approximate surface area is 96.7 Å². The molecule has 2 fully saturated rings. The smallest absolute Gasteiger partial charge is 0.310 e. The van der Waals surface area contributed by atoms with Crippen molar-refractivity contribution in [2.75, 3.05) is 6.61 Å². The topological polar surface area (TPSA) is 66.8 Å². The lowest BCUT2D eigenvalue weighted by atomic mass is 9.85. The molecule has 2 rings (SSSR count). The van der Waals surface area contributed by atoms with E-state index in [1.807, 2.05) is 0 Å². The highest BCUT2D eigenvalue weighted by Crippen LogP contribution is 2.52. The average molecular weight is 279 g/mol. The third kappa shape index (κ3) is 1.61. The zero-order chi connectivity index (χ0) is 11.2. The highest BCUT2D eigenvalue weighted by atomic mass is 79.9. The van der Waals surface area contributed by atoms with Gasteiger partial charge in [-0.2, -0.15) is 0 Å². The molecule has 5 heteroatoms. The molecule has 0 radical (unpaired) electrons. The van der Waals surface area contributed by atoms with E-state index < -0.39 is 12.2 Å². The number of aliphatic hydroxyl groups is 2. The Bertz CT molecular complexity index is 270. The number of aliphatic hydroxyl groups excluding tert-OH is 2. The molecule has 0 aromatic rings. The van der Waals surface area contributed by atoms with E-state index >= 15 is 0 Å². The molecule has 2 N–H and O–H groups in total. The second-order valence-electron chi connectivity index (χ2n) is 4.27. The molecule has 0 heterocycles. The van der Waals surface area contributed by atoms with Gasteiger partial charge in [0.25, 0.3) is 0 Å². The number of fused-ring (bicyclic) bond motifs is 2. The summed E-state index contributed by atoms with van der Waals surface area (Å²) in [7, 11) is 0. The van der Waals surface area contributed by atoms with E-state index in [1.54, 1.807) is 6.92 Å². The molecular formula is C10H15BrO4. The zero-order valence-electron chi connectivity index (χ0n) is 8.47. The van der Waals surface area contributed by atoms with Crippen molar-refractivity contribution in [3.05, 3.63) is 0 Å². The summed E-state index contributed by atoms with van der Waals surface area (Å²) in [4.78, 5) is 11.6. The summed E-state index contributed by atoms with van der Waals surface area (Å²) in [6.07, 6.45) is -0.787. The number of ether oxygens (including phenoxy) is 1. The standard InChI is InChI=1S/C10H15BrO4/c1-2-15-10(14)6-4-3-5(7(6)11)9(13)8(4)12/h4-9,12-13H,2-3H2,1H3/t4-,5+,6-,7+,8-,9+/m0/s1. The molecule has 0 aromatic carbocycles. The number of carbonyl (C=O) groups excluding carboxylic acids is 1.